The largest absolute Gasteiger partial charge is 0.377 e. The molecule has 0 aromatic carbocycles. The first-order chi connectivity index (χ1) is 6.16. The fourth-order valence-electron chi connectivity index (χ4n) is 1.45. The molecule has 1 fully saturated rings. The second-order valence-corrected chi connectivity index (χ2v) is 4.80. The standard InChI is InChI=1S/C9H20N2OS/c1-3-7(2)8(10)9(12)11-4-5-13-6-11/h7-9,12H,3-6,10H2,1-2H3. The van der Waals surface area contributed by atoms with Gasteiger partial charge in [-0.25, -0.2) is 0 Å². The van der Waals surface area contributed by atoms with Crippen LogP contribution in [0.3, 0.4) is 0 Å². The fourth-order valence-corrected chi connectivity index (χ4v) is 2.46. The molecule has 0 radical (unpaired) electrons. The summed E-state index contributed by atoms with van der Waals surface area (Å²) in [6.45, 7) is 5.17. The molecule has 1 aliphatic rings. The molecule has 3 atom stereocenters. The maximum atomic E-state index is 9.91. The van der Waals surface area contributed by atoms with Crippen molar-refractivity contribution < 1.29 is 5.11 Å². The van der Waals surface area contributed by atoms with Crippen LogP contribution in [-0.4, -0.2) is 40.5 Å². The van der Waals surface area contributed by atoms with Crippen molar-refractivity contribution >= 4 is 11.8 Å². The van der Waals surface area contributed by atoms with Gasteiger partial charge in [0.2, 0.25) is 0 Å². The highest BCUT2D eigenvalue weighted by Crippen LogP contribution is 2.19. The van der Waals surface area contributed by atoms with E-state index in [1.807, 2.05) is 11.8 Å². The summed E-state index contributed by atoms with van der Waals surface area (Å²) in [5, 5.41) is 9.91. The molecule has 1 heterocycles. The minimum Gasteiger partial charge on any atom is -0.377 e. The molecule has 3 unspecified atom stereocenters. The van der Waals surface area contributed by atoms with Crippen LogP contribution in [0, 0.1) is 5.92 Å². The zero-order chi connectivity index (χ0) is 9.84. The van der Waals surface area contributed by atoms with E-state index in [-0.39, 0.29) is 6.04 Å². The van der Waals surface area contributed by atoms with Crippen LogP contribution in [0.5, 0.6) is 0 Å². The molecule has 1 rings (SSSR count). The number of hydrogen-bond acceptors (Lipinski definition) is 4. The van der Waals surface area contributed by atoms with E-state index in [0.717, 1.165) is 24.6 Å². The molecule has 0 aliphatic carbocycles. The van der Waals surface area contributed by atoms with Crippen LogP contribution in [-0.2, 0) is 0 Å². The highest BCUT2D eigenvalue weighted by Gasteiger charge is 2.27. The van der Waals surface area contributed by atoms with Gasteiger partial charge in [-0.1, -0.05) is 20.3 Å². The quantitative estimate of drug-likeness (QED) is 0.707. The van der Waals surface area contributed by atoms with Gasteiger partial charge in [-0.3, -0.25) is 4.90 Å². The molecule has 0 spiro atoms. The number of rotatable bonds is 4. The summed E-state index contributed by atoms with van der Waals surface area (Å²) in [6, 6.07) is -0.108. The monoisotopic (exact) mass is 204 g/mol. The minimum absolute atomic E-state index is 0.108. The average Bonchev–Trinajstić information content (AvgIpc) is 2.67. The fraction of sp³-hybridized carbons (Fsp3) is 1.00. The van der Waals surface area contributed by atoms with E-state index < -0.39 is 6.23 Å². The third-order valence-corrected chi connectivity index (χ3v) is 3.78. The molecule has 4 heteroatoms. The van der Waals surface area contributed by atoms with Crippen LogP contribution < -0.4 is 5.73 Å². The van der Waals surface area contributed by atoms with Gasteiger partial charge >= 0.3 is 0 Å². The number of hydrogen-bond donors (Lipinski definition) is 2. The summed E-state index contributed by atoms with van der Waals surface area (Å²) in [5.41, 5.74) is 5.95. The van der Waals surface area contributed by atoms with Crippen LogP contribution in [0.15, 0.2) is 0 Å². The van der Waals surface area contributed by atoms with Crippen molar-refractivity contribution in [3.05, 3.63) is 0 Å². The van der Waals surface area contributed by atoms with Crippen LogP contribution in [0.25, 0.3) is 0 Å². The first-order valence-corrected chi connectivity index (χ1v) is 6.07. The Kier molecular flexibility index (Phi) is 4.52. The molecule has 13 heavy (non-hydrogen) atoms. The summed E-state index contributed by atoms with van der Waals surface area (Å²) >= 11 is 1.86. The van der Waals surface area contributed by atoms with Gasteiger partial charge in [-0.05, 0) is 5.92 Å². The maximum absolute atomic E-state index is 9.91. The van der Waals surface area contributed by atoms with Gasteiger partial charge in [-0.15, -0.1) is 11.8 Å². The maximum Gasteiger partial charge on any atom is 0.123 e. The van der Waals surface area contributed by atoms with Crippen LogP contribution in [0.4, 0.5) is 0 Å². The predicted molar refractivity (Wildman–Crippen MR) is 57.5 cm³/mol. The van der Waals surface area contributed by atoms with Gasteiger partial charge < -0.3 is 10.8 Å². The van der Waals surface area contributed by atoms with E-state index >= 15 is 0 Å². The van der Waals surface area contributed by atoms with E-state index in [1.165, 1.54) is 0 Å². The third kappa shape index (κ3) is 2.84. The van der Waals surface area contributed by atoms with E-state index in [4.69, 9.17) is 5.73 Å². The highest BCUT2D eigenvalue weighted by atomic mass is 32.2. The zero-order valence-corrected chi connectivity index (χ0v) is 9.26. The molecule has 3 nitrogen and oxygen atoms in total. The van der Waals surface area contributed by atoms with Crippen molar-refractivity contribution in [1.29, 1.82) is 0 Å². The van der Waals surface area contributed by atoms with Crippen molar-refractivity contribution in [2.75, 3.05) is 18.2 Å². The van der Waals surface area contributed by atoms with Crippen molar-refractivity contribution in [3.63, 3.8) is 0 Å². The lowest BCUT2D eigenvalue weighted by molar-refractivity contribution is -0.00868. The first kappa shape index (κ1) is 11.3. The Morgan fingerprint density at radius 3 is 2.77 bits per heavy atom. The third-order valence-electron chi connectivity index (χ3n) is 2.80. The van der Waals surface area contributed by atoms with Gasteiger partial charge in [-0.2, -0.15) is 0 Å². The molecule has 0 amide bonds. The summed E-state index contributed by atoms with van der Waals surface area (Å²) in [6.07, 6.45) is 0.573. The Morgan fingerprint density at radius 1 is 1.62 bits per heavy atom. The Hall–Kier alpha value is 0.230. The molecule has 1 saturated heterocycles. The number of nitrogens with zero attached hydrogens (tertiary/aromatic N) is 1. The lowest BCUT2D eigenvalue weighted by atomic mass is 9.98. The SMILES string of the molecule is CCC(C)C(N)C(O)N1CCSC1. The van der Waals surface area contributed by atoms with Crippen molar-refractivity contribution in [2.45, 2.75) is 32.5 Å². The molecular weight excluding hydrogens is 184 g/mol. The molecule has 3 N–H and O–H groups in total. The first-order valence-electron chi connectivity index (χ1n) is 4.92. The van der Waals surface area contributed by atoms with Gasteiger partial charge in [0.05, 0.1) is 0 Å². The number of aliphatic hydroxyl groups is 1. The number of nitrogens with two attached hydrogens (primary N) is 1. The summed E-state index contributed by atoms with van der Waals surface area (Å²) in [5.74, 6) is 2.43. The molecule has 1 aliphatic heterocycles. The Bertz CT molecular complexity index is 151. The van der Waals surface area contributed by atoms with E-state index in [9.17, 15) is 5.11 Å². The molecular formula is C9H20N2OS. The normalized spacial score (nSPS) is 25.8. The molecule has 0 aromatic heterocycles. The van der Waals surface area contributed by atoms with E-state index in [2.05, 4.69) is 18.7 Å². The van der Waals surface area contributed by atoms with Gasteiger partial charge in [0.15, 0.2) is 0 Å². The summed E-state index contributed by atoms with van der Waals surface area (Å²) in [7, 11) is 0. The Labute approximate surface area is 84.7 Å². The number of thioether (sulfide) groups is 1. The van der Waals surface area contributed by atoms with E-state index in [0.29, 0.717) is 5.92 Å². The Balaban J connectivity index is 2.40. The summed E-state index contributed by atoms with van der Waals surface area (Å²) in [4.78, 5) is 2.06. The van der Waals surface area contributed by atoms with Crippen LogP contribution in [0.2, 0.25) is 0 Å². The zero-order valence-electron chi connectivity index (χ0n) is 8.44. The molecule has 0 saturated carbocycles. The molecule has 0 bridgehead atoms. The lowest BCUT2D eigenvalue weighted by Gasteiger charge is -2.30. The Morgan fingerprint density at radius 2 is 2.31 bits per heavy atom. The molecule has 0 aromatic rings. The highest BCUT2D eigenvalue weighted by molar-refractivity contribution is 7.99. The lowest BCUT2D eigenvalue weighted by Crippen LogP contribution is -2.49. The van der Waals surface area contributed by atoms with Gasteiger partial charge in [0, 0.05) is 24.2 Å². The van der Waals surface area contributed by atoms with Crippen molar-refractivity contribution in [3.8, 4) is 0 Å². The van der Waals surface area contributed by atoms with Crippen molar-refractivity contribution in [1.82, 2.24) is 4.90 Å². The van der Waals surface area contributed by atoms with E-state index in [1.54, 1.807) is 0 Å². The smallest absolute Gasteiger partial charge is 0.123 e. The molecule has 78 valence electrons. The predicted octanol–water partition coefficient (Wildman–Crippen LogP) is 0.685. The van der Waals surface area contributed by atoms with Crippen LogP contribution in [0.1, 0.15) is 20.3 Å². The number of aliphatic hydroxyl groups excluding tert-OH is 1. The van der Waals surface area contributed by atoms with Gasteiger partial charge in [0.25, 0.3) is 0 Å². The summed E-state index contributed by atoms with van der Waals surface area (Å²) < 4.78 is 0. The van der Waals surface area contributed by atoms with Gasteiger partial charge in [0.1, 0.15) is 6.23 Å². The van der Waals surface area contributed by atoms with Crippen molar-refractivity contribution in [2.24, 2.45) is 11.7 Å². The second-order valence-electron chi connectivity index (χ2n) is 3.73. The minimum atomic E-state index is -0.454. The second kappa shape index (κ2) is 5.20. The topological polar surface area (TPSA) is 49.5 Å². The average molecular weight is 204 g/mol. The van der Waals surface area contributed by atoms with Crippen LogP contribution >= 0.6 is 11.8 Å².